The summed E-state index contributed by atoms with van der Waals surface area (Å²) in [7, 11) is 0. The zero-order chi connectivity index (χ0) is 70.5. The van der Waals surface area contributed by atoms with Gasteiger partial charge in [-0.15, -0.1) is 0 Å². The van der Waals surface area contributed by atoms with Gasteiger partial charge in [0.25, 0.3) is 0 Å². The van der Waals surface area contributed by atoms with Crippen LogP contribution in [0.3, 0.4) is 0 Å². The molecule has 0 N–H and O–H groups in total. The molecule has 2 atom stereocenters. The molecule has 0 amide bonds. The molecule has 0 heterocycles. The summed E-state index contributed by atoms with van der Waals surface area (Å²) < 4.78 is 26.8. The van der Waals surface area contributed by atoms with Crippen LogP contribution >= 0.6 is 0 Å². The Morgan fingerprint density at radius 3 is 0.621 bits per heavy atom. The second-order valence-electron chi connectivity index (χ2n) is 27.0. The van der Waals surface area contributed by atoms with E-state index in [9.17, 15) is 47.9 Å². The number of ether oxygens (including phenoxy) is 5. The first-order valence-electron chi connectivity index (χ1n) is 30.2. The fourth-order valence-electron chi connectivity index (χ4n) is 8.85. The minimum Gasteiger partial charge on any atom is -0.432 e. The number of hydrogen-bond donors (Lipinski definition) is 0. The molecule has 0 bridgehead atoms. The monoisotopic (exact) mass is 1320 g/mol. The SMILES string of the molecule is CC(C)(C)c1ccc(C(=O)OOC(=O)OCCC(COC(=O)OOC(=O)c2ccc(C(C)(C)C)cc2)C(COC(=O)OOC(=O)c2ccc(C(C)(C)C)cc2)C(CCOC(=O)OOC(=O)c2ccc(C(C)(C)C)cc2)COC(=O)OOC(=O)c2ccc(C(C)(C)C)cc2)cc1. The predicted molar refractivity (Wildman–Crippen MR) is 335 cm³/mol. The van der Waals surface area contributed by atoms with Gasteiger partial charge in [0.2, 0.25) is 0 Å². The summed E-state index contributed by atoms with van der Waals surface area (Å²) in [6, 6.07) is 31.3. The van der Waals surface area contributed by atoms with Crippen molar-refractivity contribution in [3.8, 4) is 0 Å². The Morgan fingerprint density at radius 1 is 0.253 bits per heavy atom. The quantitative estimate of drug-likeness (QED) is 0.0321. The van der Waals surface area contributed by atoms with Crippen molar-refractivity contribution in [1.29, 1.82) is 0 Å². The smallest absolute Gasteiger partial charge is 0.432 e. The number of carbonyl (C=O) groups is 10. The Morgan fingerprint density at radius 2 is 0.432 bits per heavy atom. The topological polar surface area (TPSA) is 309 Å². The van der Waals surface area contributed by atoms with Crippen LogP contribution in [-0.4, -0.2) is 93.7 Å². The molecule has 512 valence electrons. The average Bonchev–Trinajstić information content (AvgIpc) is 1.31. The van der Waals surface area contributed by atoms with Crippen LogP contribution in [0.4, 0.5) is 24.0 Å². The average molecular weight is 1320 g/mol. The molecule has 0 aromatic heterocycles. The molecule has 25 heteroatoms. The maximum atomic E-state index is 13.4. The molecule has 0 spiro atoms. The molecule has 2 unspecified atom stereocenters. The van der Waals surface area contributed by atoms with E-state index < -0.39 is 124 Å². The predicted octanol–water partition coefficient (Wildman–Crippen LogP) is 14.7. The van der Waals surface area contributed by atoms with Gasteiger partial charge in [0.15, 0.2) is 0 Å². The summed E-state index contributed by atoms with van der Waals surface area (Å²) in [5.41, 5.74) is 3.09. The molecule has 0 fully saturated rings. The van der Waals surface area contributed by atoms with Crippen LogP contribution in [0.5, 0.6) is 0 Å². The summed E-state index contributed by atoms with van der Waals surface area (Å²) in [4.78, 5) is 178. The first-order chi connectivity index (χ1) is 44.4. The lowest BCUT2D eigenvalue weighted by Gasteiger charge is -2.32. The molecule has 0 radical (unpaired) electrons. The molecule has 25 nitrogen and oxygen atoms in total. The van der Waals surface area contributed by atoms with Gasteiger partial charge < -0.3 is 23.7 Å². The van der Waals surface area contributed by atoms with Gasteiger partial charge in [0.1, 0.15) is 0 Å². The number of hydrogen-bond acceptors (Lipinski definition) is 25. The van der Waals surface area contributed by atoms with Crippen LogP contribution in [0, 0.1) is 17.8 Å². The number of carbonyl (C=O) groups excluding carboxylic acids is 10. The molecule has 95 heavy (non-hydrogen) atoms. The summed E-state index contributed by atoms with van der Waals surface area (Å²) in [5, 5.41) is 0. The first-order valence-corrected chi connectivity index (χ1v) is 30.2. The molecule has 5 aromatic carbocycles. The fourth-order valence-corrected chi connectivity index (χ4v) is 8.85. The van der Waals surface area contributed by atoms with Gasteiger partial charge in [-0.25, -0.2) is 72.8 Å². The molecule has 0 saturated heterocycles. The van der Waals surface area contributed by atoms with E-state index in [1.807, 2.05) is 104 Å². The Labute approximate surface area is 550 Å². The van der Waals surface area contributed by atoms with Crippen molar-refractivity contribution in [2.45, 2.75) is 144 Å². The van der Waals surface area contributed by atoms with Crippen LogP contribution in [0.1, 0.15) is 196 Å². The van der Waals surface area contributed by atoms with Gasteiger partial charge in [-0.2, -0.15) is 24.0 Å². The summed E-state index contributed by atoms with van der Waals surface area (Å²) in [5.74, 6) is -9.50. The van der Waals surface area contributed by atoms with Crippen LogP contribution in [0.15, 0.2) is 121 Å². The Kier molecular flexibility index (Phi) is 26.7. The van der Waals surface area contributed by atoms with Crippen molar-refractivity contribution in [2.24, 2.45) is 17.8 Å². The zero-order valence-corrected chi connectivity index (χ0v) is 55.9. The second kappa shape index (κ2) is 33.6. The van der Waals surface area contributed by atoms with Crippen molar-refractivity contribution in [2.75, 3.05) is 33.0 Å². The molecule has 0 aliphatic heterocycles. The van der Waals surface area contributed by atoms with Gasteiger partial charge in [0, 0.05) is 17.8 Å². The summed E-state index contributed by atoms with van der Waals surface area (Å²) >= 11 is 0. The molecule has 5 rings (SSSR count). The molecular weight excluding hydrogens is 1240 g/mol. The van der Waals surface area contributed by atoms with E-state index in [1.165, 1.54) is 60.7 Å². The third-order valence-electron chi connectivity index (χ3n) is 14.7. The normalized spacial score (nSPS) is 12.5. The van der Waals surface area contributed by atoms with E-state index in [0.29, 0.717) is 0 Å². The standard InChI is InChI=1S/C70H82O25/c1-66(2,3)50-26-16-43(17-27-50)56(71)86-91-61(76)81-38-36-48(40-83-63(78)93-88-58(73)45-20-30-52(31-21-45)68(7,8)9)55(42-85-65(80)95-90-60(75)47-24-34-54(35-25-47)70(13,14)15)49(41-84-64(79)94-89-59(74)46-22-32-53(33-23-46)69(10,11)12)37-39-82-62(77)92-87-57(72)44-18-28-51(29-19-44)67(4,5)6/h16-35,48-49,55H,36-42H2,1-15H3. The van der Waals surface area contributed by atoms with E-state index in [2.05, 4.69) is 9.78 Å². The Balaban J connectivity index is 1.44. The van der Waals surface area contributed by atoms with E-state index in [4.69, 9.17) is 62.8 Å². The van der Waals surface area contributed by atoms with E-state index in [1.54, 1.807) is 60.7 Å². The lowest BCUT2D eigenvalue weighted by Crippen LogP contribution is -2.37. The Hall–Kier alpha value is -10.2. The minimum atomic E-state index is -1.64. The van der Waals surface area contributed by atoms with Crippen molar-refractivity contribution in [3.63, 3.8) is 0 Å². The molecular formula is C70H82O25. The van der Waals surface area contributed by atoms with Crippen LogP contribution in [0.25, 0.3) is 0 Å². The second-order valence-corrected chi connectivity index (χ2v) is 27.0. The lowest BCUT2D eigenvalue weighted by atomic mass is 9.79. The molecule has 0 aliphatic rings. The summed E-state index contributed by atoms with van der Waals surface area (Å²) in [6.45, 7) is 25.5. The van der Waals surface area contributed by atoms with Gasteiger partial charge >= 0.3 is 60.6 Å². The van der Waals surface area contributed by atoms with Gasteiger partial charge in [-0.05, 0) is 128 Å². The first kappa shape index (κ1) is 75.5. The van der Waals surface area contributed by atoms with E-state index in [-0.39, 0.29) is 54.9 Å². The van der Waals surface area contributed by atoms with Gasteiger partial charge in [0.05, 0.1) is 60.9 Å². The van der Waals surface area contributed by atoms with Crippen molar-refractivity contribution in [1.82, 2.24) is 0 Å². The largest absolute Gasteiger partial charge is 0.549 e. The minimum absolute atomic E-state index is 0.00824. The van der Waals surface area contributed by atoms with Crippen LogP contribution in [-0.2, 0) is 99.6 Å². The molecule has 0 saturated carbocycles. The van der Waals surface area contributed by atoms with Crippen molar-refractivity contribution in [3.05, 3.63) is 177 Å². The number of rotatable bonds is 19. The van der Waals surface area contributed by atoms with Crippen LogP contribution in [0.2, 0.25) is 0 Å². The van der Waals surface area contributed by atoms with Crippen molar-refractivity contribution >= 4 is 60.6 Å². The third kappa shape index (κ3) is 25.0. The number of benzene rings is 5. The molecule has 0 aliphatic carbocycles. The maximum absolute atomic E-state index is 13.4. The zero-order valence-electron chi connectivity index (χ0n) is 55.9. The highest BCUT2D eigenvalue weighted by Gasteiger charge is 2.36. The molecule has 5 aromatic rings. The highest BCUT2D eigenvalue weighted by atomic mass is 17.3. The maximum Gasteiger partial charge on any atom is 0.549 e. The fraction of sp³-hybridized carbons (Fsp3) is 0.429. The van der Waals surface area contributed by atoms with E-state index >= 15 is 0 Å². The van der Waals surface area contributed by atoms with E-state index in [0.717, 1.165) is 27.8 Å². The van der Waals surface area contributed by atoms with Gasteiger partial charge in [-0.1, -0.05) is 165 Å². The Bertz CT molecular complexity index is 3240. The summed E-state index contributed by atoms with van der Waals surface area (Å²) in [6.07, 6.45) is -8.86. The third-order valence-corrected chi connectivity index (χ3v) is 14.7. The van der Waals surface area contributed by atoms with Crippen molar-refractivity contribution < 1.29 is 121 Å². The lowest BCUT2D eigenvalue weighted by molar-refractivity contribution is -0.210. The highest BCUT2D eigenvalue weighted by Crippen LogP contribution is 2.32. The highest BCUT2D eigenvalue weighted by molar-refractivity contribution is 5.91. The van der Waals surface area contributed by atoms with Gasteiger partial charge in [-0.3, -0.25) is 0 Å². The van der Waals surface area contributed by atoms with Crippen LogP contribution < -0.4 is 0 Å².